The van der Waals surface area contributed by atoms with Gasteiger partial charge < -0.3 is 20.2 Å². The van der Waals surface area contributed by atoms with Crippen LogP contribution in [0.1, 0.15) is 52.0 Å². The van der Waals surface area contributed by atoms with Crippen molar-refractivity contribution in [2.24, 2.45) is 11.8 Å². The molecular weight excluding hydrogens is 378 g/mol. The molecule has 2 N–H and O–H groups in total. The molecule has 0 radical (unpaired) electrons. The summed E-state index contributed by atoms with van der Waals surface area (Å²) in [5, 5.41) is 6.38. The molecule has 1 amide bonds. The van der Waals surface area contributed by atoms with Crippen LogP contribution in [-0.4, -0.2) is 54.6 Å². The molecule has 4 atom stereocenters. The smallest absolute Gasteiger partial charge is 0.408 e. The Hall–Kier alpha value is -1.92. The molecule has 30 heavy (non-hydrogen) atoms. The number of benzene rings is 1. The van der Waals surface area contributed by atoms with Crippen molar-refractivity contribution >= 4 is 12.4 Å². The van der Waals surface area contributed by atoms with Gasteiger partial charge in [-0.2, -0.15) is 0 Å². The quantitative estimate of drug-likeness (QED) is 0.478. The molecule has 166 valence electrons. The van der Waals surface area contributed by atoms with E-state index in [1.54, 1.807) is 0 Å². The summed E-state index contributed by atoms with van der Waals surface area (Å²) in [6, 6.07) is 10.8. The van der Waals surface area contributed by atoms with Crippen molar-refractivity contribution in [3.8, 4) is 0 Å². The van der Waals surface area contributed by atoms with Gasteiger partial charge in [-0.3, -0.25) is 4.90 Å². The standard InChI is InChI=1S/C24H37N3O3/c1-24(2,3)30-23(29)26-20(17-28)10-7-13-25-22-12-11-19-15-27(16-21(19)22)14-18-8-5-4-6-9-18/h4-6,8-9,17,19-22,25H,7,10-16H2,1-3H3,(H,26,29)/t19-,20+,21+,22+/m1/s1. The summed E-state index contributed by atoms with van der Waals surface area (Å²) in [6.45, 7) is 9.70. The number of hydrogen-bond donors (Lipinski definition) is 2. The Labute approximate surface area is 180 Å². The zero-order chi connectivity index (χ0) is 21.6. The Bertz CT molecular complexity index is 689. The Morgan fingerprint density at radius 3 is 2.70 bits per heavy atom. The Morgan fingerprint density at radius 2 is 2.00 bits per heavy atom. The maximum absolute atomic E-state index is 11.8. The van der Waals surface area contributed by atoms with Crippen LogP contribution in [0.5, 0.6) is 0 Å². The maximum Gasteiger partial charge on any atom is 0.408 e. The molecule has 1 aliphatic heterocycles. The second-order valence-corrected chi connectivity index (χ2v) is 9.77. The highest BCUT2D eigenvalue weighted by Gasteiger charge is 2.42. The number of carbonyl (C=O) groups is 2. The van der Waals surface area contributed by atoms with Crippen molar-refractivity contribution in [1.29, 1.82) is 0 Å². The lowest BCUT2D eigenvalue weighted by Gasteiger charge is -2.23. The number of fused-ring (bicyclic) bond motifs is 1. The van der Waals surface area contributed by atoms with Crippen LogP contribution in [0.25, 0.3) is 0 Å². The summed E-state index contributed by atoms with van der Waals surface area (Å²) < 4.78 is 5.23. The number of likely N-dealkylation sites (tertiary alicyclic amines) is 1. The highest BCUT2D eigenvalue weighted by Crippen LogP contribution is 2.38. The fraction of sp³-hybridized carbons (Fsp3) is 0.667. The SMILES string of the molecule is CC(C)(C)OC(=O)N[C@H](C=O)CCCN[C@H]1CC[C@@H]2CN(Cc3ccccc3)C[C@@H]21. The van der Waals surface area contributed by atoms with Crippen LogP contribution in [0.2, 0.25) is 0 Å². The fourth-order valence-corrected chi connectivity index (χ4v) is 4.82. The van der Waals surface area contributed by atoms with E-state index in [2.05, 4.69) is 45.9 Å². The molecule has 0 spiro atoms. The van der Waals surface area contributed by atoms with E-state index in [1.807, 2.05) is 20.8 Å². The predicted octanol–water partition coefficient (Wildman–Crippen LogP) is 3.36. The topological polar surface area (TPSA) is 70.7 Å². The number of rotatable bonds is 9. The molecule has 1 saturated carbocycles. The number of amides is 1. The average Bonchev–Trinajstić information content (AvgIpc) is 3.24. The molecule has 2 fully saturated rings. The molecule has 3 rings (SSSR count). The summed E-state index contributed by atoms with van der Waals surface area (Å²) in [6.07, 6.45) is 4.27. The Balaban J connectivity index is 1.36. The van der Waals surface area contributed by atoms with Crippen LogP contribution in [0, 0.1) is 11.8 Å². The van der Waals surface area contributed by atoms with Crippen LogP contribution >= 0.6 is 0 Å². The number of carbonyl (C=O) groups excluding carboxylic acids is 2. The molecule has 1 heterocycles. The lowest BCUT2D eigenvalue weighted by Crippen LogP contribution is -2.41. The first-order valence-electron chi connectivity index (χ1n) is 11.3. The molecule has 0 unspecified atom stereocenters. The highest BCUT2D eigenvalue weighted by atomic mass is 16.6. The summed E-state index contributed by atoms with van der Waals surface area (Å²) in [5.74, 6) is 1.51. The average molecular weight is 416 g/mol. The number of aldehydes is 1. The van der Waals surface area contributed by atoms with Gasteiger partial charge in [-0.25, -0.2) is 4.79 Å². The van der Waals surface area contributed by atoms with Gasteiger partial charge in [0.25, 0.3) is 0 Å². The van der Waals surface area contributed by atoms with Crippen LogP contribution in [0.3, 0.4) is 0 Å². The molecule has 1 aliphatic carbocycles. The van der Waals surface area contributed by atoms with Crippen molar-refractivity contribution in [3.63, 3.8) is 0 Å². The van der Waals surface area contributed by atoms with E-state index in [9.17, 15) is 9.59 Å². The lowest BCUT2D eigenvalue weighted by molar-refractivity contribution is -0.109. The zero-order valence-electron chi connectivity index (χ0n) is 18.6. The second-order valence-electron chi connectivity index (χ2n) is 9.77. The van der Waals surface area contributed by atoms with E-state index in [0.717, 1.165) is 44.2 Å². The number of alkyl carbamates (subject to hydrolysis) is 1. The van der Waals surface area contributed by atoms with E-state index >= 15 is 0 Å². The van der Waals surface area contributed by atoms with Crippen LogP contribution < -0.4 is 10.6 Å². The molecule has 1 saturated heterocycles. The largest absolute Gasteiger partial charge is 0.444 e. The molecule has 0 bridgehead atoms. The summed E-state index contributed by atoms with van der Waals surface area (Å²) in [7, 11) is 0. The Kier molecular flexibility index (Phi) is 7.89. The zero-order valence-corrected chi connectivity index (χ0v) is 18.6. The number of hydrogen-bond acceptors (Lipinski definition) is 5. The molecule has 6 heteroatoms. The van der Waals surface area contributed by atoms with Crippen molar-refractivity contribution in [2.45, 2.75) is 70.7 Å². The number of nitrogens with zero attached hydrogens (tertiary/aromatic N) is 1. The van der Waals surface area contributed by atoms with E-state index in [0.29, 0.717) is 12.5 Å². The summed E-state index contributed by atoms with van der Waals surface area (Å²) in [4.78, 5) is 25.7. The lowest BCUT2D eigenvalue weighted by atomic mass is 9.97. The van der Waals surface area contributed by atoms with Gasteiger partial charge in [-0.05, 0) is 70.4 Å². The van der Waals surface area contributed by atoms with Crippen LogP contribution in [0.15, 0.2) is 30.3 Å². The molecule has 1 aromatic carbocycles. The monoisotopic (exact) mass is 415 g/mol. The maximum atomic E-state index is 11.8. The van der Waals surface area contributed by atoms with Gasteiger partial charge in [0.15, 0.2) is 0 Å². The molecule has 1 aromatic rings. The normalized spacial score (nSPS) is 25.0. The van der Waals surface area contributed by atoms with Gasteiger partial charge in [0.1, 0.15) is 11.9 Å². The number of ether oxygens (including phenoxy) is 1. The van der Waals surface area contributed by atoms with Gasteiger partial charge >= 0.3 is 6.09 Å². The van der Waals surface area contributed by atoms with Crippen LogP contribution in [0.4, 0.5) is 4.79 Å². The molecule has 2 aliphatic rings. The first-order chi connectivity index (χ1) is 14.3. The summed E-state index contributed by atoms with van der Waals surface area (Å²) >= 11 is 0. The van der Waals surface area contributed by atoms with Crippen LogP contribution in [-0.2, 0) is 16.1 Å². The third kappa shape index (κ3) is 6.81. The Morgan fingerprint density at radius 1 is 1.23 bits per heavy atom. The second kappa shape index (κ2) is 10.4. The fourth-order valence-electron chi connectivity index (χ4n) is 4.82. The van der Waals surface area contributed by atoms with Gasteiger partial charge in [0, 0.05) is 25.7 Å². The van der Waals surface area contributed by atoms with E-state index in [1.165, 1.54) is 24.9 Å². The molecular formula is C24H37N3O3. The molecule has 0 aromatic heterocycles. The first kappa shape index (κ1) is 22.8. The highest BCUT2D eigenvalue weighted by molar-refractivity contribution is 5.73. The minimum atomic E-state index is -0.562. The van der Waals surface area contributed by atoms with Gasteiger partial charge in [0.05, 0.1) is 6.04 Å². The van der Waals surface area contributed by atoms with Gasteiger partial charge in [0.2, 0.25) is 0 Å². The third-order valence-corrected chi connectivity index (χ3v) is 6.15. The molecule has 6 nitrogen and oxygen atoms in total. The third-order valence-electron chi connectivity index (χ3n) is 6.15. The van der Waals surface area contributed by atoms with E-state index in [4.69, 9.17) is 4.74 Å². The first-order valence-corrected chi connectivity index (χ1v) is 11.3. The minimum absolute atomic E-state index is 0.495. The van der Waals surface area contributed by atoms with Crippen molar-refractivity contribution in [2.75, 3.05) is 19.6 Å². The predicted molar refractivity (Wildman–Crippen MR) is 118 cm³/mol. The minimum Gasteiger partial charge on any atom is -0.444 e. The van der Waals surface area contributed by atoms with E-state index < -0.39 is 17.7 Å². The van der Waals surface area contributed by atoms with Gasteiger partial charge in [-0.1, -0.05) is 30.3 Å². The summed E-state index contributed by atoms with van der Waals surface area (Å²) in [5.41, 5.74) is 0.827. The van der Waals surface area contributed by atoms with Gasteiger partial charge in [-0.15, -0.1) is 0 Å². The van der Waals surface area contributed by atoms with Crippen molar-refractivity contribution in [3.05, 3.63) is 35.9 Å². The number of nitrogens with one attached hydrogen (secondary N) is 2. The van der Waals surface area contributed by atoms with E-state index in [-0.39, 0.29) is 0 Å². The van der Waals surface area contributed by atoms with Crippen molar-refractivity contribution in [1.82, 2.24) is 15.5 Å². The van der Waals surface area contributed by atoms with Crippen molar-refractivity contribution < 1.29 is 14.3 Å².